The Morgan fingerprint density at radius 2 is 1.30 bits per heavy atom. The molecule has 0 spiro atoms. The summed E-state index contributed by atoms with van der Waals surface area (Å²) in [5.74, 6) is -0.311. The summed E-state index contributed by atoms with van der Waals surface area (Å²) in [5, 5.41) is 20.7. The number of nitrogens with one attached hydrogen (secondary N) is 1. The molecule has 1 aromatic heterocycles. The van der Waals surface area contributed by atoms with Gasteiger partial charge in [-0.2, -0.15) is 13.2 Å². The smallest absolute Gasteiger partial charge is 0.423 e. The van der Waals surface area contributed by atoms with Crippen molar-refractivity contribution in [3.8, 4) is 11.1 Å². The van der Waals surface area contributed by atoms with Gasteiger partial charge in [0, 0.05) is 39.6 Å². The van der Waals surface area contributed by atoms with E-state index in [1.54, 1.807) is 72.8 Å². The normalized spacial score (nSPS) is 10.9. The van der Waals surface area contributed by atoms with Crippen LogP contribution < -0.4 is 10.8 Å². The van der Waals surface area contributed by atoms with E-state index in [1.807, 2.05) is 48.5 Å². The molecular formula is C35H26BF3N2O3. The number of fused-ring (bicyclic) bond motifs is 1. The van der Waals surface area contributed by atoms with Crippen LogP contribution in [0.2, 0.25) is 0 Å². The first-order valence-electron chi connectivity index (χ1n) is 13.6. The van der Waals surface area contributed by atoms with Crippen molar-refractivity contribution in [2.75, 3.05) is 5.32 Å². The zero-order valence-corrected chi connectivity index (χ0v) is 23.2. The van der Waals surface area contributed by atoms with Gasteiger partial charge < -0.3 is 15.4 Å². The second-order valence-corrected chi connectivity index (χ2v) is 9.80. The van der Waals surface area contributed by atoms with Crippen LogP contribution in [0.5, 0.6) is 0 Å². The molecule has 0 aliphatic heterocycles. The predicted octanol–water partition coefficient (Wildman–Crippen LogP) is 7.26. The average molecular weight is 590 g/mol. The molecule has 0 radical (unpaired) electrons. The van der Waals surface area contributed by atoms with E-state index in [4.69, 9.17) is 10.0 Å². The fraction of sp³-hybridized carbons (Fsp3) is 0.0286. The maximum absolute atomic E-state index is 13.8. The summed E-state index contributed by atoms with van der Waals surface area (Å²) in [6.45, 7) is 0. The maximum atomic E-state index is 13.8. The molecule has 5 nitrogen and oxygen atoms in total. The van der Waals surface area contributed by atoms with Crippen molar-refractivity contribution in [2.45, 2.75) is 6.18 Å². The van der Waals surface area contributed by atoms with Gasteiger partial charge in [0.15, 0.2) is 5.78 Å². The summed E-state index contributed by atoms with van der Waals surface area (Å²) in [6, 6.07) is 38.0. The van der Waals surface area contributed by atoms with E-state index in [9.17, 15) is 18.0 Å². The van der Waals surface area contributed by atoms with Gasteiger partial charge in [-0.1, -0.05) is 103 Å². The van der Waals surface area contributed by atoms with Crippen LogP contribution in [0.15, 0.2) is 140 Å². The number of pyridine rings is 1. The molecule has 3 N–H and O–H groups in total. The highest BCUT2D eigenvalue weighted by molar-refractivity contribution is 6.58. The Labute approximate surface area is 252 Å². The minimum Gasteiger partial charge on any atom is -0.423 e. The molecule has 1 heterocycles. The van der Waals surface area contributed by atoms with Gasteiger partial charge in [0.2, 0.25) is 0 Å². The Hall–Kier alpha value is -5.25. The molecule has 0 bridgehead atoms. The van der Waals surface area contributed by atoms with E-state index in [-0.39, 0.29) is 22.2 Å². The monoisotopic (exact) mass is 590 g/mol. The fourth-order valence-corrected chi connectivity index (χ4v) is 4.75. The van der Waals surface area contributed by atoms with Gasteiger partial charge in [-0.05, 0) is 41.4 Å². The molecule has 0 aliphatic carbocycles. The molecular weight excluding hydrogens is 564 g/mol. The van der Waals surface area contributed by atoms with Gasteiger partial charge in [-0.25, -0.2) is 0 Å². The van der Waals surface area contributed by atoms with E-state index in [0.29, 0.717) is 22.2 Å². The number of halogens is 3. The van der Waals surface area contributed by atoms with Gasteiger partial charge >= 0.3 is 13.3 Å². The Bertz CT molecular complexity index is 1870. The molecule has 0 unspecified atom stereocenters. The number of para-hydroxylation sites is 2. The largest absolute Gasteiger partial charge is 0.488 e. The quantitative estimate of drug-likeness (QED) is 0.141. The van der Waals surface area contributed by atoms with Crippen molar-refractivity contribution in [3.63, 3.8) is 0 Å². The number of alkyl halides is 3. The molecule has 6 aromatic rings. The molecule has 0 saturated heterocycles. The highest BCUT2D eigenvalue weighted by Crippen LogP contribution is 2.39. The highest BCUT2D eigenvalue weighted by Gasteiger charge is 2.34. The molecule has 0 fully saturated rings. The number of carbonyl (C=O) groups is 1. The zero-order chi connectivity index (χ0) is 31.1. The topological polar surface area (TPSA) is 82.5 Å². The van der Waals surface area contributed by atoms with Crippen molar-refractivity contribution >= 4 is 40.6 Å². The molecule has 44 heavy (non-hydrogen) atoms. The molecule has 0 amide bonds. The third-order valence-corrected chi connectivity index (χ3v) is 6.79. The molecule has 218 valence electrons. The van der Waals surface area contributed by atoms with Crippen molar-refractivity contribution in [3.05, 3.63) is 156 Å². The average Bonchev–Trinajstić information content (AvgIpc) is 3.05. The Kier molecular flexibility index (Phi) is 9.19. The summed E-state index contributed by atoms with van der Waals surface area (Å²) >= 11 is 0. The van der Waals surface area contributed by atoms with E-state index < -0.39 is 18.9 Å². The van der Waals surface area contributed by atoms with Crippen LogP contribution in [-0.4, -0.2) is 27.9 Å². The van der Waals surface area contributed by atoms with E-state index in [1.165, 1.54) is 12.3 Å². The minimum absolute atomic E-state index is 0.193. The minimum atomic E-state index is -4.58. The van der Waals surface area contributed by atoms with Crippen molar-refractivity contribution in [1.82, 2.24) is 4.98 Å². The maximum Gasteiger partial charge on any atom is 0.488 e. The van der Waals surface area contributed by atoms with E-state index >= 15 is 0 Å². The summed E-state index contributed by atoms with van der Waals surface area (Å²) in [7, 11) is -1.34. The molecule has 9 heteroatoms. The van der Waals surface area contributed by atoms with Crippen molar-refractivity contribution in [2.24, 2.45) is 0 Å². The number of aromatic nitrogens is 1. The van der Waals surface area contributed by atoms with E-state index in [0.717, 1.165) is 17.4 Å². The third kappa shape index (κ3) is 7.03. The number of anilines is 2. The van der Waals surface area contributed by atoms with Gasteiger partial charge in [0.25, 0.3) is 0 Å². The molecule has 5 aromatic carbocycles. The number of benzene rings is 5. The van der Waals surface area contributed by atoms with Gasteiger partial charge in [-0.15, -0.1) is 0 Å². The number of rotatable bonds is 6. The number of hydrogen-bond acceptors (Lipinski definition) is 5. The Balaban J connectivity index is 0.000000367. The van der Waals surface area contributed by atoms with Crippen LogP contribution in [0.25, 0.3) is 22.0 Å². The van der Waals surface area contributed by atoms with Crippen molar-refractivity contribution in [1.29, 1.82) is 0 Å². The second kappa shape index (κ2) is 13.4. The SMILES string of the molecule is O=C(c1ccccc1)c1cnc2c(C(F)(F)F)cccc2c1-c1cccc(Nc2ccccc2)c1.OB(O)c1ccccc1. The van der Waals surface area contributed by atoms with E-state index in [2.05, 4.69) is 10.3 Å². The Morgan fingerprint density at radius 1 is 0.705 bits per heavy atom. The first kappa shape index (κ1) is 30.2. The fourth-order valence-electron chi connectivity index (χ4n) is 4.75. The lowest BCUT2D eigenvalue weighted by Crippen LogP contribution is -2.29. The molecule has 6 rings (SSSR count). The van der Waals surface area contributed by atoms with Crippen LogP contribution in [0.3, 0.4) is 0 Å². The van der Waals surface area contributed by atoms with Crippen LogP contribution in [0.4, 0.5) is 24.5 Å². The molecule has 0 aliphatic rings. The van der Waals surface area contributed by atoms with Gasteiger partial charge in [-0.3, -0.25) is 9.78 Å². The number of nitrogens with zero attached hydrogens (tertiary/aromatic N) is 1. The van der Waals surface area contributed by atoms with Crippen LogP contribution >= 0.6 is 0 Å². The van der Waals surface area contributed by atoms with Crippen molar-refractivity contribution < 1.29 is 28.0 Å². The number of carbonyl (C=O) groups excluding carboxylic acids is 1. The summed E-state index contributed by atoms with van der Waals surface area (Å²) in [6.07, 6.45) is -3.33. The molecule has 0 saturated carbocycles. The molecule has 0 atom stereocenters. The van der Waals surface area contributed by atoms with Crippen LogP contribution in [0.1, 0.15) is 21.5 Å². The third-order valence-electron chi connectivity index (χ3n) is 6.79. The predicted molar refractivity (Wildman–Crippen MR) is 168 cm³/mol. The second-order valence-electron chi connectivity index (χ2n) is 9.80. The zero-order valence-electron chi connectivity index (χ0n) is 23.2. The van der Waals surface area contributed by atoms with Gasteiger partial charge in [0.05, 0.1) is 11.1 Å². The first-order valence-corrected chi connectivity index (χ1v) is 13.6. The Morgan fingerprint density at radius 3 is 1.91 bits per heavy atom. The van der Waals surface area contributed by atoms with Crippen LogP contribution in [0, 0.1) is 0 Å². The highest BCUT2D eigenvalue weighted by atomic mass is 19.4. The lowest BCUT2D eigenvalue weighted by atomic mass is 9.81. The first-order chi connectivity index (χ1) is 21.2. The summed E-state index contributed by atoms with van der Waals surface area (Å²) < 4.78 is 41.3. The number of hydrogen-bond donors (Lipinski definition) is 3. The number of ketones is 1. The lowest BCUT2D eigenvalue weighted by molar-refractivity contribution is -0.136. The summed E-state index contributed by atoms with van der Waals surface area (Å²) in [5.41, 5.74) is 2.78. The standard InChI is InChI=1S/C29H19F3N2O.C6H7BO2/c30-29(31,32)25-16-8-15-23-26(20-11-7-14-22(17-20)34-21-12-5-2-6-13-21)24(18-33-27(23)25)28(35)19-9-3-1-4-10-19;8-7(9)6-4-2-1-3-5-6/h1-18,34H;1-5,8-9H. The van der Waals surface area contributed by atoms with Crippen LogP contribution in [-0.2, 0) is 6.18 Å². The van der Waals surface area contributed by atoms with Gasteiger partial charge in [0.1, 0.15) is 0 Å². The lowest BCUT2D eigenvalue weighted by Gasteiger charge is -2.16. The summed E-state index contributed by atoms with van der Waals surface area (Å²) in [4.78, 5) is 17.6.